The van der Waals surface area contributed by atoms with Crippen LogP contribution in [0.25, 0.3) is 0 Å². The van der Waals surface area contributed by atoms with Crippen LogP contribution in [0.1, 0.15) is 47.2 Å². The molecule has 0 unspecified atom stereocenters. The number of rotatable bonds is 0. The van der Waals surface area contributed by atoms with E-state index in [4.69, 9.17) is 0 Å². The lowest BCUT2D eigenvalue weighted by Crippen LogP contribution is -2.32. The minimum atomic E-state index is -3.46. The van der Waals surface area contributed by atoms with E-state index in [1.165, 1.54) is 5.56 Å². The summed E-state index contributed by atoms with van der Waals surface area (Å²) >= 11 is 0. The molecule has 0 N–H and O–H groups in total. The van der Waals surface area contributed by atoms with E-state index in [9.17, 15) is 8.42 Å². The van der Waals surface area contributed by atoms with Gasteiger partial charge < -0.3 is 0 Å². The molecule has 0 amide bonds. The Morgan fingerprint density at radius 1 is 0.818 bits per heavy atom. The first kappa shape index (κ1) is 15.3. The minimum Gasteiger partial charge on any atom is -0.218 e. The lowest BCUT2D eigenvalue weighted by molar-refractivity contribution is 0.550. The third-order valence-electron chi connectivity index (χ3n) is 5.37. The number of sulfone groups is 1. The van der Waals surface area contributed by atoms with Gasteiger partial charge >= 0.3 is 0 Å². The second kappa shape index (κ2) is 4.45. The van der Waals surface area contributed by atoms with Crippen molar-refractivity contribution in [3.8, 4) is 0 Å². The Bertz CT molecular complexity index is 904. The molecular weight excluding hydrogens is 292 g/mol. The molecule has 2 aromatic carbocycles. The molecule has 2 nitrogen and oxygen atoms in total. The van der Waals surface area contributed by atoms with Crippen molar-refractivity contribution in [1.29, 1.82) is 0 Å². The summed E-state index contributed by atoms with van der Waals surface area (Å²) in [5, 5.41) is 0. The molecule has 0 fully saturated rings. The minimum absolute atomic E-state index is 0.315. The van der Waals surface area contributed by atoms with Gasteiger partial charge in [-0.05, 0) is 67.1 Å². The van der Waals surface area contributed by atoms with Gasteiger partial charge in [-0.15, -0.1) is 0 Å². The fraction of sp³-hybridized carbons (Fsp3) is 0.368. The van der Waals surface area contributed by atoms with Crippen LogP contribution in [0.5, 0.6) is 0 Å². The quantitative estimate of drug-likeness (QED) is 0.722. The first-order chi connectivity index (χ1) is 10.1. The van der Waals surface area contributed by atoms with E-state index in [0.717, 1.165) is 27.8 Å². The highest BCUT2D eigenvalue weighted by Crippen LogP contribution is 2.49. The summed E-state index contributed by atoms with van der Waals surface area (Å²) < 4.78 is 26.4. The van der Waals surface area contributed by atoms with Crippen molar-refractivity contribution in [1.82, 2.24) is 0 Å². The second-order valence-corrected chi connectivity index (χ2v) is 8.68. The highest BCUT2D eigenvalue weighted by Gasteiger charge is 2.43. The molecule has 0 atom stereocenters. The molecule has 0 saturated carbocycles. The van der Waals surface area contributed by atoms with Crippen molar-refractivity contribution in [2.45, 2.75) is 56.7 Å². The molecule has 1 heterocycles. The van der Waals surface area contributed by atoms with E-state index in [2.05, 4.69) is 20.8 Å². The van der Waals surface area contributed by atoms with E-state index in [1.54, 1.807) is 12.1 Å². The molecule has 0 aliphatic carbocycles. The molecule has 0 spiro atoms. The summed E-state index contributed by atoms with van der Waals surface area (Å²) in [7, 11) is -3.46. The Hall–Kier alpha value is -1.61. The standard InChI is InChI=1S/C19H22O2S/c1-11-12(2)14(4)18-17(13(11)3)19(5,6)15-9-7-8-10-16(15)22(18,20)21/h7-10H,1-6H3. The second-order valence-electron chi connectivity index (χ2n) is 6.83. The van der Waals surface area contributed by atoms with Gasteiger partial charge in [0.2, 0.25) is 9.84 Å². The van der Waals surface area contributed by atoms with Crippen LogP contribution in [-0.4, -0.2) is 8.42 Å². The Morgan fingerprint density at radius 3 is 2.00 bits per heavy atom. The summed E-state index contributed by atoms with van der Waals surface area (Å²) in [5.41, 5.74) is 5.81. The van der Waals surface area contributed by atoms with Gasteiger partial charge in [0.15, 0.2) is 0 Å². The molecule has 2 aromatic rings. The average molecular weight is 314 g/mol. The van der Waals surface area contributed by atoms with E-state index < -0.39 is 9.84 Å². The number of benzene rings is 2. The summed E-state index contributed by atoms with van der Waals surface area (Å²) in [6, 6.07) is 7.41. The molecule has 0 aromatic heterocycles. The van der Waals surface area contributed by atoms with Crippen LogP contribution in [0.15, 0.2) is 34.1 Å². The van der Waals surface area contributed by atoms with Crippen LogP contribution in [0.4, 0.5) is 0 Å². The number of hydrogen-bond acceptors (Lipinski definition) is 2. The van der Waals surface area contributed by atoms with Gasteiger partial charge in [0.05, 0.1) is 9.79 Å². The van der Waals surface area contributed by atoms with E-state index >= 15 is 0 Å². The highest BCUT2D eigenvalue weighted by molar-refractivity contribution is 7.91. The molecule has 22 heavy (non-hydrogen) atoms. The van der Waals surface area contributed by atoms with Crippen molar-refractivity contribution in [2.24, 2.45) is 0 Å². The summed E-state index contributed by atoms with van der Waals surface area (Å²) in [4.78, 5) is 0.982. The maximum absolute atomic E-state index is 13.2. The van der Waals surface area contributed by atoms with Crippen LogP contribution in [0, 0.1) is 27.7 Å². The van der Waals surface area contributed by atoms with E-state index in [1.807, 2.05) is 32.9 Å². The SMILES string of the molecule is Cc1c(C)c(C)c2c(c1C)C(C)(C)c1ccccc1S2(=O)=O. The van der Waals surface area contributed by atoms with Gasteiger partial charge in [-0.2, -0.15) is 0 Å². The smallest absolute Gasteiger partial charge is 0.207 e. The fourth-order valence-corrected chi connectivity index (χ4v) is 6.15. The van der Waals surface area contributed by atoms with Crippen molar-refractivity contribution in [2.75, 3.05) is 0 Å². The first-order valence-corrected chi connectivity index (χ1v) is 9.05. The first-order valence-electron chi connectivity index (χ1n) is 7.57. The molecule has 0 bridgehead atoms. The molecule has 116 valence electrons. The molecule has 1 aliphatic rings. The van der Waals surface area contributed by atoms with Crippen molar-refractivity contribution >= 4 is 9.84 Å². The topological polar surface area (TPSA) is 34.1 Å². The van der Waals surface area contributed by atoms with Gasteiger partial charge in [0.1, 0.15) is 0 Å². The largest absolute Gasteiger partial charge is 0.218 e. The molecule has 0 saturated heterocycles. The van der Waals surface area contributed by atoms with Crippen LogP contribution in [0.3, 0.4) is 0 Å². The van der Waals surface area contributed by atoms with Crippen LogP contribution < -0.4 is 0 Å². The summed E-state index contributed by atoms with van der Waals surface area (Å²) in [5.74, 6) is 0. The van der Waals surface area contributed by atoms with Crippen molar-refractivity contribution in [3.63, 3.8) is 0 Å². The Morgan fingerprint density at radius 2 is 1.36 bits per heavy atom. The number of hydrogen-bond donors (Lipinski definition) is 0. The van der Waals surface area contributed by atoms with Crippen molar-refractivity contribution < 1.29 is 8.42 Å². The van der Waals surface area contributed by atoms with Crippen LogP contribution in [0.2, 0.25) is 0 Å². The zero-order valence-electron chi connectivity index (χ0n) is 14.0. The van der Waals surface area contributed by atoms with Gasteiger partial charge in [-0.3, -0.25) is 0 Å². The summed E-state index contributed by atoms with van der Waals surface area (Å²) in [6.45, 7) is 12.3. The third kappa shape index (κ3) is 1.69. The molecule has 3 rings (SSSR count). The molecule has 3 heteroatoms. The molecule has 0 radical (unpaired) electrons. The lowest BCUT2D eigenvalue weighted by Gasteiger charge is -2.38. The zero-order chi connectivity index (χ0) is 16.4. The maximum atomic E-state index is 13.2. The van der Waals surface area contributed by atoms with Gasteiger partial charge in [0.25, 0.3) is 0 Å². The fourth-order valence-electron chi connectivity index (χ4n) is 3.83. The Balaban J connectivity index is 2.61. The highest BCUT2D eigenvalue weighted by atomic mass is 32.2. The van der Waals surface area contributed by atoms with Crippen molar-refractivity contribution in [3.05, 3.63) is 57.6 Å². The van der Waals surface area contributed by atoms with E-state index in [0.29, 0.717) is 9.79 Å². The number of fused-ring (bicyclic) bond motifs is 2. The zero-order valence-corrected chi connectivity index (χ0v) is 14.9. The average Bonchev–Trinajstić information content (AvgIpc) is 2.47. The maximum Gasteiger partial charge on any atom is 0.207 e. The lowest BCUT2D eigenvalue weighted by atomic mass is 9.73. The van der Waals surface area contributed by atoms with Crippen LogP contribution in [-0.2, 0) is 15.3 Å². The summed E-state index contributed by atoms with van der Waals surface area (Å²) in [6.07, 6.45) is 0. The van der Waals surface area contributed by atoms with Gasteiger partial charge in [0, 0.05) is 5.41 Å². The predicted octanol–water partition coefficient (Wildman–Crippen LogP) is 4.39. The van der Waals surface area contributed by atoms with Gasteiger partial charge in [-0.25, -0.2) is 8.42 Å². The molecule has 1 aliphatic heterocycles. The molecular formula is C19H22O2S. The Kier molecular flexibility index (Phi) is 3.09. The monoisotopic (exact) mass is 314 g/mol. The Labute approximate surface area is 133 Å². The predicted molar refractivity (Wildman–Crippen MR) is 89.4 cm³/mol. The third-order valence-corrected chi connectivity index (χ3v) is 7.36. The van der Waals surface area contributed by atoms with Gasteiger partial charge in [-0.1, -0.05) is 32.0 Å². The van der Waals surface area contributed by atoms with E-state index in [-0.39, 0.29) is 5.41 Å². The normalized spacial score (nSPS) is 17.7. The van der Waals surface area contributed by atoms with Crippen LogP contribution >= 0.6 is 0 Å².